The van der Waals surface area contributed by atoms with Crippen LogP contribution in [0.5, 0.6) is 5.75 Å². The number of aromatic nitrogens is 3. The second-order valence-corrected chi connectivity index (χ2v) is 9.47. The van der Waals surface area contributed by atoms with Gasteiger partial charge in [-0.3, -0.25) is 0 Å². The molecule has 0 spiro atoms. The highest BCUT2D eigenvalue weighted by molar-refractivity contribution is 6.33. The van der Waals surface area contributed by atoms with Crippen LogP contribution < -0.4 is 10.1 Å². The van der Waals surface area contributed by atoms with E-state index in [2.05, 4.69) is 14.9 Å². The van der Waals surface area contributed by atoms with Crippen molar-refractivity contribution in [3.05, 3.63) is 70.9 Å². The summed E-state index contributed by atoms with van der Waals surface area (Å²) in [5, 5.41) is 4.56. The average Bonchev–Trinajstić information content (AvgIpc) is 3.21. The molecule has 0 bridgehead atoms. The summed E-state index contributed by atoms with van der Waals surface area (Å²) in [5.74, 6) is -0.340. The van der Waals surface area contributed by atoms with Gasteiger partial charge in [-0.05, 0) is 73.8 Å². The Hall–Kier alpha value is -3.17. The molecule has 1 fully saturated rings. The second-order valence-electron chi connectivity index (χ2n) is 9.06. The lowest BCUT2D eigenvalue weighted by Gasteiger charge is -2.31. The van der Waals surface area contributed by atoms with E-state index in [1.54, 1.807) is 19.4 Å². The van der Waals surface area contributed by atoms with E-state index in [4.69, 9.17) is 29.3 Å². The number of hydrogen-bond acceptors (Lipinski definition) is 5. The quantitative estimate of drug-likeness (QED) is 0.337. The van der Waals surface area contributed by atoms with Crippen LogP contribution in [-0.2, 0) is 13.1 Å². The number of nitrogens with one attached hydrogen (secondary N) is 1. The van der Waals surface area contributed by atoms with Gasteiger partial charge in [0.2, 0.25) is 5.95 Å². The predicted molar refractivity (Wildman–Crippen MR) is 138 cm³/mol. The summed E-state index contributed by atoms with van der Waals surface area (Å²) < 4.78 is 34.3. The van der Waals surface area contributed by atoms with Gasteiger partial charge in [0.15, 0.2) is 19.6 Å². The van der Waals surface area contributed by atoms with E-state index in [0.717, 1.165) is 60.4 Å². The van der Waals surface area contributed by atoms with Crippen LogP contribution in [-0.4, -0.2) is 47.5 Å². The van der Waals surface area contributed by atoms with E-state index in [9.17, 15) is 8.78 Å². The molecule has 3 heterocycles. The number of rotatable bonds is 7. The fraction of sp³-hybridized carbons (Fsp3) is 0.308. The molecule has 5 rings (SSSR count). The van der Waals surface area contributed by atoms with Crippen molar-refractivity contribution in [1.29, 1.82) is 0 Å². The molecule has 0 amide bonds. The van der Waals surface area contributed by atoms with E-state index in [1.807, 2.05) is 23.0 Å². The predicted octanol–water partition coefficient (Wildman–Crippen LogP) is 5.45. The van der Waals surface area contributed by atoms with Crippen LogP contribution in [0.1, 0.15) is 18.4 Å². The zero-order chi connectivity index (χ0) is 25.2. The lowest BCUT2D eigenvalue weighted by atomic mass is 9.95. The van der Waals surface area contributed by atoms with Gasteiger partial charge in [-0.1, -0.05) is 17.7 Å². The van der Waals surface area contributed by atoms with Gasteiger partial charge in [0.1, 0.15) is 11.4 Å². The molecular weight excluding hydrogens is 483 g/mol. The number of methoxy groups -OCH3 is 1. The Labute approximate surface area is 214 Å². The molecule has 2 radical (unpaired) electrons. The van der Waals surface area contributed by atoms with Crippen LogP contribution in [0.15, 0.2) is 48.7 Å². The first-order chi connectivity index (χ1) is 17.4. The number of halogens is 3. The molecule has 36 heavy (non-hydrogen) atoms. The van der Waals surface area contributed by atoms with Crippen molar-refractivity contribution in [1.82, 2.24) is 19.3 Å². The first kappa shape index (κ1) is 24.5. The van der Waals surface area contributed by atoms with Crippen LogP contribution in [0.4, 0.5) is 14.7 Å². The Bertz CT molecular complexity index is 1400. The topological polar surface area (TPSA) is 55.2 Å². The average molecular weight is 508 g/mol. The lowest BCUT2D eigenvalue weighted by Crippen LogP contribution is -2.35. The molecule has 2 aromatic carbocycles. The third-order valence-electron chi connectivity index (χ3n) is 6.51. The summed E-state index contributed by atoms with van der Waals surface area (Å²) in [6.07, 6.45) is 3.86. The maximum atomic E-state index is 13.6. The van der Waals surface area contributed by atoms with Gasteiger partial charge < -0.3 is 19.4 Å². The van der Waals surface area contributed by atoms with Crippen LogP contribution in [0, 0.1) is 17.6 Å². The number of hydrogen-bond donors (Lipinski definition) is 1. The van der Waals surface area contributed by atoms with E-state index in [0.29, 0.717) is 34.7 Å². The first-order valence-electron chi connectivity index (χ1n) is 11.8. The fourth-order valence-corrected chi connectivity index (χ4v) is 4.97. The summed E-state index contributed by atoms with van der Waals surface area (Å²) >= 11 is 6.65. The Morgan fingerprint density at radius 1 is 1.17 bits per heavy atom. The molecule has 10 heteroatoms. The minimum Gasteiger partial charge on any atom is -0.497 e. The number of benzene rings is 2. The summed E-state index contributed by atoms with van der Waals surface area (Å²) in [6.45, 7) is 2.65. The molecule has 184 valence electrons. The Balaban J connectivity index is 1.51. The van der Waals surface area contributed by atoms with E-state index in [-0.39, 0.29) is 6.54 Å². The van der Waals surface area contributed by atoms with Crippen molar-refractivity contribution in [2.75, 3.05) is 25.5 Å². The second kappa shape index (κ2) is 10.4. The highest BCUT2D eigenvalue weighted by Crippen LogP contribution is 2.35. The minimum atomic E-state index is -0.887. The highest BCUT2D eigenvalue weighted by Gasteiger charge is 2.22. The van der Waals surface area contributed by atoms with Crippen LogP contribution >= 0.6 is 11.6 Å². The molecule has 1 saturated heterocycles. The maximum Gasteiger partial charge on any atom is 0.224 e. The van der Waals surface area contributed by atoms with Gasteiger partial charge in [0.05, 0.1) is 17.8 Å². The molecule has 6 nitrogen and oxygen atoms in total. The van der Waals surface area contributed by atoms with Crippen molar-refractivity contribution in [2.45, 2.75) is 25.9 Å². The number of nitrogens with zero attached hydrogens (tertiary/aromatic N) is 4. The van der Waals surface area contributed by atoms with E-state index >= 15 is 0 Å². The van der Waals surface area contributed by atoms with Crippen LogP contribution in [0.3, 0.4) is 0 Å². The molecule has 1 aliphatic heterocycles. The molecule has 1 N–H and O–H groups in total. The van der Waals surface area contributed by atoms with Crippen molar-refractivity contribution in [3.8, 4) is 17.0 Å². The third kappa shape index (κ3) is 5.17. The summed E-state index contributed by atoms with van der Waals surface area (Å²) in [6, 6.07) is 11.4. The van der Waals surface area contributed by atoms with Gasteiger partial charge in [0, 0.05) is 30.2 Å². The number of ether oxygens (including phenoxy) is 1. The monoisotopic (exact) mass is 507 g/mol. The van der Waals surface area contributed by atoms with Gasteiger partial charge in [-0.2, -0.15) is 4.98 Å². The number of piperidine rings is 1. The van der Waals surface area contributed by atoms with Crippen molar-refractivity contribution < 1.29 is 13.5 Å². The minimum absolute atomic E-state index is 0.255. The lowest BCUT2D eigenvalue weighted by molar-refractivity contribution is 0.254. The smallest absolute Gasteiger partial charge is 0.224 e. The molecule has 1 atom stereocenters. The molecule has 2 aromatic heterocycles. The van der Waals surface area contributed by atoms with Crippen molar-refractivity contribution in [2.24, 2.45) is 5.92 Å². The summed E-state index contributed by atoms with van der Waals surface area (Å²) in [5.41, 5.74) is 3.14. The van der Waals surface area contributed by atoms with Crippen molar-refractivity contribution >= 4 is 36.6 Å². The molecule has 0 saturated carbocycles. The Morgan fingerprint density at radius 2 is 2.03 bits per heavy atom. The SMILES string of the molecule is [B]N1CCC[C@@H](Cn2c(-c3ccc(OC)cc3Cl)cc3cnc(NCc4ccc(F)c(F)c4)nc32)C1. The number of fused-ring (bicyclic) bond motifs is 1. The number of anilines is 1. The van der Waals surface area contributed by atoms with Crippen molar-refractivity contribution in [3.63, 3.8) is 0 Å². The summed E-state index contributed by atoms with van der Waals surface area (Å²) in [7, 11) is 7.72. The van der Waals surface area contributed by atoms with Gasteiger partial charge in [-0.25, -0.2) is 13.8 Å². The van der Waals surface area contributed by atoms with E-state index in [1.165, 1.54) is 6.07 Å². The molecule has 0 aliphatic carbocycles. The summed E-state index contributed by atoms with van der Waals surface area (Å²) in [4.78, 5) is 11.1. The Kier molecular flexibility index (Phi) is 7.12. The largest absolute Gasteiger partial charge is 0.497 e. The van der Waals surface area contributed by atoms with Gasteiger partial charge in [-0.15, -0.1) is 0 Å². The Morgan fingerprint density at radius 3 is 2.78 bits per heavy atom. The molecule has 4 aromatic rings. The van der Waals surface area contributed by atoms with Gasteiger partial charge in [0.25, 0.3) is 0 Å². The molecular formula is C26H25BClF2N5O. The zero-order valence-electron chi connectivity index (χ0n) is 19.8. The zero-order valence-corrected chi connectivity index (χ0v) is 20.6. The molecule has 0 unspecified atom stereocenters. The van der Waals surface area contributed by atoms with Crippen LogP contribution in [0.2, 0.25) is 5.02 Å². The highest BCUT2D eigenvalue weighted by atomic mass is 35.5. The standard InChI is InChI=1S/C26H25BClF2N5O/c1-36-19-5-6-20(21(28)11-19)24-10-18-13-32-26(31-12-16-4-7-22(29)23(30)9-16)33-25(18)35(24)15-17-3-2-8-34(27)14-17/h4-7,9-11,13,17H,2-3,8,12,14-15H2,1H3,(H,31,32,33)/t17-/m1/s1. The maximum absolute atomic E-state index is 13.6. The van der Waals surface area contributed by atoms with Crippen LogP contribution in [0.25, 0.3) is 22.3 Å². The first-order valence-corrected chi connectivity index (χ1v) is 12.2. The normalized spacial score (nSPS) is 16.4. The fourth-order valence-electron chi connectivity index (χ4n) is 4.70. The van der Waals surface area contributed by atoms with Gasteiger partial charge >= 0.3 is 0 Å². The van der Waals surface area contributed by atoms with E-state index < -0.39 is 11.6 Å². The third-order valence-corrected chi connectivity index (χ3v) is 6.83. The molecule has 1 aliphatic rings.